The standard InChI is InChI=1S/C12H25N3O3/c1-4-18-10-9-15-12(13-2)14-8-6-5-7-11(16)17-3/h4-10H2,1-3H3,(H2,13,14,15). The van der Waals surface area contributed by atoms with Gasteiger partial charge in [0.2, 0.25) is 0 Å². The minimum Gasteiger partial charge on any atom is -0.469 e. The first kappa shape index (κ1) is 16.7. The van der Waals surface area contributed by atoms with Crippen LogP contribution in [0.15, 0.2) is 4.99 Å². The molecule has 106 valence electrons. The van der Waals surface area contributed by atoms with Crippen LogP contribution in [0.2, 0.25) is 0 Å². The van der Waals surface area contributed by atoms with Crippen LogP contribution in [-0.2, 0) is 14.3 Å². The summed E-state index contributed by atoms with van der Waals surface area (Å²) < 4.78 is 9.78. The summed E-state index contributed by atoms with van der Waals surface area (Å²) in [5.41, 5.74) is 0. The van der Waals surface area contributed by atoms with Crippen LogP contribution in [0.4, 0.5) is 0 Å². The van der Waals surface area contributed by atoms with Crippen molar-refractivity contribution in [3.63, 3.8) is 0 Å². The van der Waals surface area contributed by atoms with E-state index >= 15 is 0 Å². The maximum atomic E-state index is 10.9. The molecular formula is C12H25N3O3. The van der Waals surface area contributed by atoms with Crippen molar-refractivity contribution in [3.05, 3.63) is 0 Å². The van der Waals surface area contributed by atoms with Crippen molar-refractivity contribution < 1.29 is 14.3 Å². The van der Waals surface area contributed by atoms with Crippen LogP contribution in [0.3, 0.4) is 0 Å². The molecule has 0 aromatic heterocycles. The molecule has 0 bridgehead atoms. The average molecular weight is 259 g/mol. The molecule has 0 spiro atoms. The lowest BCUT2D eigenvalue weighted by Gasteiger charge is -2.11. The van der Waals surface area contributed by atoms with Crippen LogP contribution < -0.4 is 10.6 Å². The molecule has 0 saturated heterocycles. The molecule has 0 aliphatic heterocycles. The van der Waals surface area contributed by atoms with Crippen molar-refractivity contribution in [2.75, 3.05) is 40.5 Å². The zero-order chi connectivity index (χ0) is 13.6. The summed E-state index contributed by atoms with van der Waals surface area (Å²) in [6.07, 6.45) is 2.19. The number of unbranched alkanes of at least 4 members (excludes halogenated alkanes) is 1. The molecule has 0 atom stereocenters. The topological polar surface area (TPSA) is 72.0 Å². The van der Waals surface area contributed by atoms with Gasteiger partial charge in [0.05, 0.1) is 13.7 Å². The van der Waals surface area contributed by atoms with E-state index in [0.717, 1.165) is 38.5 Å². The van der Waals surface area contributed by atoms with Crippen LogP contribution in [0.25, 0.3) is 0 Å². The smallest absolute Gasteiger partial charge is 0.305 e. The first-order chi connectivity index (χ1) is 8.74. The fraction of sp³-hybridized carbons (Fsp3) is 0.833. The van der Waals surface area contributed by atoms with Gasteiger partial charge in [-0.2, -0.15) is 0 Å². The number of ether oxygens (including phenoxy) is 2. The monoisotopic (exact) mass is 259 g/mol. The van der Waals surface area contributed by atoms with Gasteiger partial charge in [-0.15, -0.1) is 0 Å². The number of rotatable bonds is 9. The molecule has 0 fully saturated rings. The second kappa shape index (κ2) is 12.2. The van der Waals surface area contributed by atoms with E-state index in [1.54, 1.807) is 7.05 Å². The molecule has 18 heavy (non-hydrogen) atoms. The number of guanidine groups is 1. The Labute approximate surface area is 109 Å². The maximum absolute atomic E-state index is 10.9. The van der Waals surface area contributed by atoms with Gasteiger partial charge in [0.15, 0.2) is 5.96 Å². The molecule has 0 radical (unpaired) electrons. The SMILES string of the molecule is CCOCCNC(=NC)NCCCCC(=O)OC. The highest BCUT2D eigenvalue weighted by Gasteiger charge is 2.00. The van der Waals surface area contributed by atoms with Crippen LogP contribution in [0.1, 0.15) is 26.2 Å². The summed E-state index contributed by atoms with van der Waals surface area (Å²) in [6.45, 7) is 4.87. The van der Waals surface area contributed by atoms with Crippen molar-refractivity contribution >= 4 is 11.9 Å². The molecule has 0 amide bonds. The van der Waals surface area contributed by atoms with E-state index in [4.69, 9.17) is 4.74 Å². The van der Waals surface area contributed by atoms with Crippen molar-refractivity contribution in [2.45, 2.75) is 26.2 Å². The predicted octanol–water partition coefficient (Wildman–Crippen LogP) is 0.531. The van der Waals surface area contributed by atoms with E-state index < -0.39 is 0 Å². The highest BCUT2D eigenvalue weighted by atomic mass is 16.5. The highest BCUT2D eigenvalue weighted by Crippen LogP contribution is 1.95. The minimum absolute atomic E-state index is 0.158. The van der Waals surface area contributed by atoms with Crippen molar-refractivity contribution in [2.24, 2.45) is 4.99 Å². The average Bonchev–Trinajstić information content (AvgIpc) is 2.40. The Balaban J connectivity index is 3.48. The van der Waals surface area contributed by atoms with Gasteiger partial charge in [-0.1, -0.05) is 0 Å². The quantitative estimate of drug-likeness (QED) is 0.273. The van der Waals surface area contributed by atoms with Crippen LogP contribution in [0.5, 0.6) is 0 Å². The number of aliphatic imine (C=N–C) groups is 1. The molecule has 0 aliphatic carbocycles. The molecule has 0 aromatic carbocycles. The zero-order valence-corrected chi connectivity index (χ0v) is 11.6. The van der Waals surface area contributed by atoms with E-state index in [0.29, 0.717) is 13.0 Å². The second-order valence-corrected chi connectivity index (χ2v) is 3.66. The largest absolute Gasteiger partial charge is 0.469 e. The summed E-state index contributed by atoms with van der Waals surface area (Å²) in [7, 11) is 3.13. The van der Waals surface area contributed by atoms with Crippen LogP contribution in [-0.4, -0.2) is 52.4 Å². The first-order valence-electron chi connectivity index (χ1n) is 6.33. The Morgan fingerprint density at radius 1 is 1.22 bits per heavy atom. The lowest BCUT2D eigenvalue weighted by molar-refractivity contribution is -0.140. The molecule has 6 nitrogen and oxygen atoms in total. The highest BCUT2D eigenvalue weighted by molar-refractivity contribution is 5.79. The predicted molar refractivity (Wildman–Crippen MR) is 71.7 cm³/mol. The fourth-order valence-corrected chi connectivity index (χ4v) is 1.31. The molecule has 0 heterocycles. The van der Waals surface area contributed by atoms with Crippen molar-refractivity contribution in [3.8, 4) is 0 Å². The number of methoxy groups -OCH3 is 1. The van der Waals surface area contributed by atoms with Gasteiger partial charge in [0.25, 0.3) is 0 Å². The molecule has 0 saturated carbocycles. The van der Waals surface area contributed by atoms with E-state index in [9.17, 15) is 4.79 Å². The third-order valence-corrected chi connectivity index (χ3v) is 2.29. The fourth-order valence-electron chi connectivity index (χ4n) is 1.31. The van der Waals surface area contributed by atoms with Gasteiger partial charge in [-0.3, -0.25) is 9.79 Å². The molecule has 2 N–H and O–H groups in total. The summed E-state index contributed by atoms with van der Waals surface area (Å²) in [6, 6.07) is 0. The maximum Gasteiger partial charge on any atom is 0.305 e. The Kier molecular flexibility index (Phi) is 11.3. The third-order valence-electron chi connectivity index (χ3n) is 2.29. The van der Waals surface area contributed by atoms with Crippen molar-refractivity contribution in [1.29, 1.82) is 0 Å². The number of carbonyl (C=O) groups excluding carboxylic acids is 1. The summed E-state index contributed by atoms with van der Waals surface area (Å²) in [5, 5.41) is 6.31. The minimum atomic E-state index is -0.158. The molecular weight excluding hydrogens is 234 g/mol. The number of hydrogen-bond donors (Lipinski definition) is 2. The van der Waals surface area contributed by atoms with Gasteiger partial charge in [-0.05, 0) is 19.8 Å². The van der Waals surface area contributed by atoms with E-state index in [2.05, 4.69) is 20.4 Å². The number of hydrogen-bond acceptors (Lipinski definition) is 4. The van der Waals surface area contributed by atoms with Crippen molar-refractivity contribution in [1.82, 2.24) is 10.6 Å². The second-order valence-electron chi connectivity index (χ2n) is 3.66. The van der Waals surface area contributed by atoms with E-state index in [1.807, 2.05) is 6.92 Å². The zero-order valence-electron chi connectivity index (χ0n) is 11.6. The van der Waals surface area contributed by atoms with Gasteiger partial charge in [0.1, 0.15) is 0 Å². The molecule has 0 aromatic rings. The van der Waals surface area contributed by atoms with Crippen LogP contribution in [0, 0.1) is 0 Å². The number of nitrogens with zero attached hydrogens (tertiary/aromatic N) is 1. The normalized spacial score (nSPS) is 11.2. The molecule has 0 unspecified atom stereocenters. The van der Waals surface area contributed by atoms with Gasteiger partial charge >= 0.3 is 5.97 Å². The Bertz CT molecular complexity index is 245. The number of nitrogens with one attached hydrogen (secondary N) is 2. The summed E-state index contributed by atoms with van der Waals surface area (Å²) in [5.74, 6) is 0.599. The van der Waals surface area contributed by atoms with Crippen LogP contribution >= 0.6 is 0 Å². The lowest BCUT2D eigenvalue weighted by Crippen LogP contribution is -2.39. The number of carbonyl (C=O) groups is 1. The van der Waals surface area contributed by atoms with E-state index in [-0.39, 0.29) is 5.97 Å². The Morgan fingerprint density at radius 3 is 2.56 bits per heavy atom. The molecule has 0 aliphatic rings. The van der Waals surface area contributed by atoms with Gasteiger partial charge in [0, 0.05) is 33.2 Å². The summed E-state index contributed by atoms with van der Waals surface area (Å²) >= 11 is 0. The first-order valence-corrected chi connectivity index (χ1v) is 6.33. The third kappa shape index (κ3) is 9.89. The number of esters is 1. The van der Waals surface area contributed by atoms with Gasteiger partial charge in [-0.25, -0.2) is 0 Å². The Hall–Kier alpha value is -1.30. The Morgan fingerprint density at radius 2 is 1.94 bits per heavy atom. The lowest BCUT2D eigenvalue weighted by atomic mass is 10.2. The molecule has 0 rings (SSSR count). The summed E-state index contributed by atoms with van der Waals surface area (Å²) in [4.78, 5) is 15.0. The van der Waals surface area contributed by atoms with Gasteiger partial charge < -0.3 is 20.1 Å². The van der Waals surface area contributed by atoms with E-state index in [1.165, 1.54) is 7.11 Å². The molecule has 6 heteroatoms.